The second-order valence-corrected chi connectivity index (χ2v) is 6.64. The molecule has 138 valence electrons. The van der Waals surface area contributed by atoms with Gasteiger partial charge in [0.1, 0.15) is 0 Å². The Labute approximate surface area is 152 Å². The summed E-state index contributed by atoms with van der Waals surface area (Å²) in [6.45, 7) is 2.51. The number of halogens is 3. The number of rotatable bonds is 4. The molecule has 26 heavy (non-hydrogen) atoms. The van der Waals surface area contributed by atoms with Crippen molar-refractivity contribution in [2.75, 3.05) is 36.5 Å². The molecule has 0 atom stereocenters. The van der Waals surface area contributed by atoms with E-state index in [2.05, 4.69) is 10.3 Å². The van der Waals surface area contributed by atoms with Crippen molar-refractivity contribution in [1.82, 2.24) is 4.98 Å². The van der Waals surface area contributed by atoms with Crippen LogP contribution in [-0.4, -0.2) is 42.7 Å². The molecule has 0 spiro atoms. The van der Waals surface area contributed by atoms with E-state index in [-0.39, 0.29) is 22.2 Å². The Morgan fingerprint density at radius 1 is 1.15 bits per heavy atom. The SMILES string of the molecule is O=C(Nc1cccnc1N1CCOCC1)c1ccc(SC(F)(F)F)cc1. The van der Waals surface area contributed by atoms with E-state index in [4.69, 9.17) is 4.74 Å². The third-order valence-corrected chi connectivity index (χ3v) is 4.43. The number of anilines is 2. The Bertz CT molecular complexity index is 763. The van der Waals surface area contributed by atoms with Gasteiger partial charge in [-0.3, -0.25) is 4.79 Å². The highest BCUT2D eigenvalue weighted by Gasteiger charge is 2.29. The van der Waals surface area contributed by atoms with Crippen LogP contribution in [0.1, 0.15) is 10.4 Å². The van der Waals surface area contributed by atoms with Gasteiger partial charge in [-0.25, -0.2) is 4.98 Å². The summed E-state index contributed by atoms with van der Waals surface area (Å²) >= 11 is -0.214. The molecule has 2 aromatic rings. The molecule has 5 nitrogen and oxygen atoms in total. The summed E-state index contributed by atoms with van der Waals surface area (Å²) in [6, 6.07) is 8.74. The Morgan fingerprint density at radius 2 is 1.85 bits per heavy atom. The molecule has 1 aromatic heterocycles. The lowest BCUT2D eigenvalue weighted by Crippen LogP contribution is -2.37. The van der Waals surface area contributed by atoms with Crippen LogP contribution >= 0.6 is 11.8 Å². The first kappa shape index (κ1) is 18.5. The molecule has 3 rings (SSSR count). The van der Waals surface area contributed by atoms with Gasteiger partial charge in [0.05, 0.1) is 18.9 Å². The second kappa shape index (κ2) is 7.96. The van der Waals surface area contributed by atoms with E-state index in [9.17, 15) is 18.0 Å². The minimum absolute atomic E-state index is 0.0319. The summed E-state index contributed by atoms with van der Waals surface area (Å²) in [5.74, 6) is 0.240. The lowest BCUT2D eigenvalue weighted by molar-refractivity contribution is -0.0328. The maximum Gasteiger partial charge on any atom is 0.446 e. The van der Waals surface area contributed by atoms with Crippen LogP contribution < -0.4 is 10.2 Å². The number of nitrogens with zero attached hydrogens (tertiary/aromatic N) is 2. The zero-order chi connectivity index (χ0) is 18.6. The molecule has 1 saturated heterocycles. The number of nitrogens with one attached hydrogen (secondary N) is 1. The van der Waals surface area contributed by atoms with E-state index < -0.39 is 11.4 Å². The Morgan fingerprint density at radius 3 is 2.50 bits per heavy atom. The van der Waals surface area contributed by atoms with Gasteiger partial charge in [0.2, 0.25) is 0 Å². The van der Waals surface area contributed by atoms with Gasteiger partial charge in [-0.05, 0) is 48.2 Å². The summed E-state index contributed by atoms with van der Waals surface area (Å²) in [5.41, 5.74) is -3.53. The molecule has 1 N–H and O–H groups in total. The summed E-state index contributed by atoms with van der Waals surface area (Å²) < 4.78 is 42.4. The molecule has 1 amide bonds. The molecule has 0 unspecified atom stereocenters. The van der Waals surface area contributed by atoms with Crippen molar-refractivity contribution < 1.29 is 22.7 Å². The lowest BCUT2D eigenvalue weighted by Gasteiger charge is -2.29. The summed E-state index contributed by atoms with van der Waals surface area (Å²) in [7, 11) is 0. The second-order valence-electron chi connectivity index (χ2n) is 5.50. The van der Waals surface area contributed by atoms with Crippen molar-refractivity contribution >= 4 is 29.2 Å². The fraction of sp³-hybridized carbons (Fsp3) is 0.294. The van der Waals surface area contributed by atoms with Gasteiger partial charge in [-0.1, -0.05) is 0 Å². The topological polar surface area (TPSA) is 54.5 Å². The van der Waals surface area contributed by atoms with Gasteiger partial charge in [0.15, 0.2) is 5.82 Å². The van der Waals surface area contributed by atoms with Gasteiger partial charge >= 0.3 is 5.51 Å². The van der Waals surface area contributed by atoms with Crippen LogP contribution in [0.25, 0.3) is 0 Å². The molecule has 1 aliphatic rings. The average Bonchev–Trinajstić information content (AvgIpc) is 2.62. The number of hydrogen-bond donors (Lipinski definition) is 1. The van der Waals surface area contributed by atoms with Gasteiger partial charge < -0.3 is 15.0 Å². The zero-order valence-electron chi connectivity index (χ0n) is 13.6. The molecular formula is C17H16F3N3O2S. The number of hydrogen-bond acceptors (Lipinski definition) is 5. The fourth-order valence-corrected chi connectivity index (χ4v) is 3.06. The van der Waals surface area contributed by atoms with E-state index in [1.165, 1.54) is 24.3 Å². The number of amides is 1. The Hall–Kier alpha value is -2.26. The molecule has 2 heterocycles. The maximum absolute atomic E-state index is 12.4. The van der Waals surface area contributed by atoms with Gasteiger partial charge in [0, 0.05) is 29.7 Å². The fourth-order valence-electron chi connectivity index (χ4n) is 2.52. The largest absolute Gasteiger partial charge is 0.446 e. The van der Waals surface area contributed by atoms with Gasteiger partial charge in [-0.15, -0.1) is 0 Å². The van der Waals surface area contributed by atoms with E-state index in [1.54, 1.807) is 18.3 Å². The molecule has 0 saturated carbocycles. The first-order valence-corrected chi connectivity index (χ1v) is 8.69. The number of pyridine rings is 1. The van der Waals surface area contributed by atoms with Crippen molar-refractivity contribution in [3.63, 3.8) is 0 Å². The molecule has 0 bridgehead atoms. The van der Waals surface area contributed by atoms with Crippen LogP contribution in [0, 0.1) is 0 Å². The molecule has 1 aliphatic heterocycles. The van der Waals surface area contributed by atoms with Gasteiger partial charge in [0.25, 0.3) is 5.91 Å². The highest BCUT2D eigenvalue weighted by atomic mass is 32.2. The lowest BCUT2D eigenvalue weighted by atomic mass is 10.2. The number of thioether (sulfide) groups is 1. The summed E-state index contributed by atoms with van der Waals surface area (Å²) in [4.78, 5) is 18.8. The quantitative estimate of drug-likeness (QED) is 0.815. The van der Waals surface area contributed by atoms with Crippen molar-refractivity contribution in [1.29, 1.82) is 0 Å². The maximum atomic E-state index is 12.4. The minimum atomic E-state index is -4.35. The third kappa shape index (κ3) is 4.89. The van der Waals surface area contributed by atoms with Gasteiger partial charge in [-0.2, -0.15) is 13.2 Å². The predicted octanol–water partition coefficient (Wildman–Crippen LogP) is 3.78. The highest BCUT2D eigenvalue weighted by Crippen LogP contribution is 2.36. The number of alkyl halides is 3. The number of morpholine rings is 1. The molecule has 0 aliphatic carbocycles. The molecular weight excluding hydrogens is 367 g/mol. The Balaban J connectivity index is 1.72. The van der Waals surface area contributed by atoms with Crippen LogP contribution in [0.15, 0.2) is 47.5 Å². The molecule has 0 radical (unpaired) electrons. The average molecular weight is 383 g/mol. The molecule has 1 aromatic carbocycles. The van der Waals surface area contributed by atoms with E-state index >= 15 is 0 Å². The van der Waals surface area contributed by atoms with Crippen LogP contribution in [-0.2, 0) is 4.74 Å². The van der Waals surface area contributed by atoms with E-state index in [1.807, 2.05) is 4.90 Å². The van der Waals surface area contributed by atoms with Crippen molar-refractivity contribution in [3.8, 4) is 0 Å². The monoisotopic (exact) mass is 383 g/mol. The molecule has 9 heteroatoms. The van der Waals surface area contributed by atoms with Crippen LogP contribution in [0.3, 0.4) is 0 Å². The highest BCUT2D eigenvalue weighted by molar-refractivity contribution is 8.00. The number of aromatic nitrogens is 1. The number of carbonyl (C=O) groups is 1. The standard InChI is InChI=1S/C17H16F3N3O2S/c18-17(19,20)26-13-5-3-12(4-6-13)16(24)22-14-2-1-7-21-15(14)23-8-10-25-11-9-23/h1-7H,8-11H2,(H,22,24). The zero-order valence-corrected chi connectivity index (χ0v) is 14.4. The summed E-state index contributed by atoms with van der Waals surface area (Å²) in [6.07, 6.45) is 1.64. The first-order valence-electron chi connectivity index (χ1n) is 7.87. The number of benzene rings is 1. The van der Waals surface area contributed by atoms with Crippen molar-refractivity contribution in [2.45, 2.75) is 10.4 Å². The van der Waals surface area contributed by atoms with Crippen molar-refractivity contribution in [2.24, 2.45) is 0 Å². The van der Waals surface area contributed by atoms with Crippen LogP contribution in [0.2, 0.25) is 0 Å². The van der Waals surface area contributed by atoms with E-state index in [0.717, 1.165) is 0 Å². The van der Waals surface area contributed by atoms with Crippen molar-refractivity contribution in [3.05, 3.63) is 48.2 Å². The predicted molar refractivity (Wildman–Crippen MR) is 93.6 cm³/mol. The Kier molecular flexibility index (Phi) is 5.67. The normalized spacial score (nSPS) is 15.0. The third-order valence-electron chi connectivity index (χ3n) is 3.70. The first-order chi connectivity index (χ1) is 12.4. The minimum Gasteiger partial charge on any atom is -0.378 e. The van der Waals surface area contributed by atoms with E-state index in [0.29, 0.717) is 37.8 Å². The van der Waals surface area contributed by atoms with Crippen LogP contribution in [0.5, 0.6) is 0 Å². The smallest absolute Gasteiger partial charge is 0.378 e. The number of ether oxygens (including phenoxy) is 1. The number of carbonyl (C=O) groups excluding carboxylic acids is 1. The molecule has 1 fully saturated rings. The van der Waals surface area contributed by atoms with Crippen LogP contribution in [0.4, 0.5) is 24.7 Å². The summed E-state index contributed by atoms with van der Waals surface area (Å²) in [5, 5.41) is 2.78.